The molecular formula is C19H24N4O. The highest BCUT2D eigenvalue weighted by Crippen LogP contribution is 2.18. The molecular weight excluding hydrogens is 300 g/mol. The van der Waals surface area contributed by atoms with E-state index in [1.54, 1.807) is 12.4 Å². The van der Waals surface area contributed by atoms with Crippen molar-refractivity contribution in [3.05, 3.63) is 47.8 Å². The maximum absolute atomic E-state index is 12.4. The number of aromatic nitrogens is 2. The molecule has 5 nitrogen and oxygen atoms in total. The monoisotopic (exact) mass is 324 g/mol. The number of carbonyl (C=O) groups excluding carboxylic acids is 1. The molecule has 2 aromatic rings. The van der Waals surface area contributed by atoms with Gasteiger partial charge in [0.1, 0.15) is 0 Å². The summed E-state index contributed by atoms with van der Waals surface area (Å²) in [4.78, 5) is 23.4. The Bertz CT molecular complexity index is 676. The molecule has 2 heterocycles. The number of benzene rings is 1. The molecule has 1 aromatic carbocycles. The molecule has 24 heavy (non-hydrogen) atoms. The maximum Gasteiger partial charge on any atom is 0.258 e. The van der Waals surface area contributed by atoms with Crippen molar-refractivity contribution >= 4 is 17.5 Å². The summed E-state index contributed by atoms with van der Waals surface area (Å²) < 4.78 is 0. The highest BCUT2D eigenvalue weighted by molar-refractivity contribution is 6.04. The lowest BCUT2D eigenvalue weighted by Gasteiger charge is -2.19. The molecule has 1 fully saturated rings. The zero-order valence-electron chi connectivity index (χ0n) is 14.2. The summed E-state index contributed by atoms with van der Waals surface area (Å²) >= 11 is 0. The van der Waals surface area contributed by atoms with Gasteiger partial charge in [-0.25, -0.2) is 9.97 Å². The number of aryl methyl sites for hydroxylation is 1. The van der Waals surface area contributed by atoms with Crippen LogP contribution in [0.3, 0.4) is 0 Å². The van der Waals surface area contributed by atoms with E-state index in [0.29, 0.717) is 5.56 Å². The number of para-hydroxylation sites is 1. The van der Waals surface area contributed by atoms with Crippen LogP contribution in [-0.2, 0) is 6.42 Å². The summed E-state index contributed by atoms with van der Waals surface area (Å²) in [5.41, 5.74) is 2.45. The molecule has 1 saturated heterocycles. The number of rotatable bonds is 4. The number of hydrogen-bond acceptors (Lipinski definition) is 4. The van der Waals surface area contributed by atoms with Crippen molar-refractivity contribution in [2.45, 2.75) is 39.0 Å². The Labute approximate surface area is 143 Å². The third-order valence-corrected chi connectivity index (χ3v) is 4.44. The molecule has 1 aliphatic rings. The van der Waals surface area contributed by atoms with Gasteiger partial charge in [-0.3, -0.25) is 4.79 Å². The highest BCUT2D eigenvalue weighted by Gasteiger charge is 2.14. The molecule has 0 spiro atoms. The normalized spacial score (nSPS) is 15.0. The predicted molar refractivity (Wildman–Crippen MR) is 96.5 cm³/mol. The van der Waals surface area contributed by atoms with Gasteiger partial charge in [-0.2, -0.15) is 0 Å². The Hall–Kier alpha value is -2.43. The summed E-state index contributed by atoms with van der Waals surface area (Å²) in [7, 11) is 0. The lowest BCUT2D eigenvalue weighted by atomic mass is 10.1. The molecule has 3 rings (SSSR count). The quantitative estimate of drug-likeness (QED) is 0.932. The Morgan fingerprint density at radius 3 is 2.42 bits per heavy atom. The molecule has 1 N–H and O–H groups in total. The molecule has 0 bridgehead atoms. The molecule has 0 radical (unpaired) electrons. The number of hydrogen-bond donors (Lipinski definition) is 1. The third kappa shape index (κ3) is 3.91. The molecule has 0 unspecified atom stereocenters. The van der Waals surface area contributed by atoms with Crippen LogP contribution in [0.25, 0.3) is 0 Å². The molecule has 1 amide bonds. The van der Waals surface area contributed by atoms with Crippen molar-refractivity contribution in [3.63, 3.8) is 0 Å². The van der Waals surface area contributed by atoms with E-state index in [1.807, 2.05) is 24.3 Å². The van der Waals surface area contributed by atoms with E-state index in [4.69, 9.17) is 0 Å². The number of carbonyl (C=O) groups is 1. The Morgan fingerprint density at radius 1 is 1.08 bits per heavy atom. The SMILES string of the molecule is CCc1ccccc1NC(=O)c1cnc(N2CCCCCC2)nc1. The van der Waals surface area contributed by atoms with Crippen LogP contribution < -0.4 is 10.2 Å². The van der Waals surface area contributed by atoms with Crippen LogP contribution >= 0.6 is 0 Å². The van der Waals surface area contributed by atoms with Gasteiger partial charge < -0.3 is 10.2 Å². The van der Waals surface area contributed by atoms with Gasteiger partial charge in [0.05, 0.1) is 5.56 Å². The van der Waals surface area contributed by atoms with E-state index < -0.39 is 0 Å². The third-order valence-electron chi connectivity index (χ3n) is 4.44. The second-order valence-corrected chi connectivity index (χ2v) is 6.14. The number of amides is 1. The highest BCUT2D eigenvalue weighted by atomic mass is 16.1. The zero-order chi connectivity index (χ0) is 16.8. The summed E-state index contributed by atoms with van der Waals surface area (Å²) in [5, 5.41) is 2.95. The van der Waals surface area contributed by atoms with Crippen molar-refractivity contribution in [2.24, 2.45) is 0 Å². The van der Waals surface area contributed by atoms with Crippen molar-refractivity contribution in [3.8, 4) is 0 Å². The molecule has 5 heteroatoms. The summed E-state index contributed by atoms with van der Waals surface area (Å²) in [6.07, 6.45) is 9.02. The van der Waals surface area contributed by atoms with Gasteiger partial charge in [-0.05, 0) is 30.9 Å². The molecule has 0 aliphatic carbocycles. The van der Waals surface area contributed by atoms with Crippen LogP contribution in [0.1, 0.15) is 48.5 Å². The minimum Gasteiger partial charge on any atom is -0.341 e. The number of anilines is 2. The van der Waals surface area contributed by atoms with E-state index in [-0.39, 0.29) is 5.91 Å². The Balaban J connectivity index is 1.69. The average molecular weight is 324 g/mol. The van der Waals surface area contributed by atoms with Gasteiger partial charge in [-0.1, -0.05) is 38.0 Å². The van der Waals surface area contributed by atoms with Crippen molar-refractivity contribution in [1.29, 1.82) is 0 Å². The number of nitrogens with one attached hydrogen (secondary N) is 1. The molecule has 1 aliphatic heterocycles. The smallest absolute Gasteiger partial charge is 0.258 e. The summed E-state index contributed by atoms with van der Waals surface area (Å²) in [5.74, 6) is 0.556. The first-order chi connectivity index (χ1) is 11.8. The van der Waals surface area contributed by atoms with Gasteiger partial charge in [0.15, 0.2) is 0 Å². The lowest BCUT2D eigenvalue weighted by molar-refractivity contribution is 0.102. The van der Waals surface area contributed by atoms with Gasteiger partial charge >= 0.3 is 0 Å². The van der Waals surface area contributed by atoms with E-state index in [0.717, 1.165) is 36.7 Å². The minimum absolute atomic E-state index is 0.168. The van der Waals surface area contributed by atoms with Gasteiger partial charge in [0.2, 0.25) is 5.95 Å². The van der Waals surface area contributed by atoms with Gasteiger partial charge in [0, 0.05) is 31.2 Å². The fraction of sp³-hybridized carbons (Fsp3) is 0.421. The molecule has 0 saturated carbocycles. The first kappa shape index (κ1) is 16.4. The van der Waals surface area contributed by atoms with E-state index in [2.05, 4.69) is 27.1 Å². The maximum atomic E-state index is 12.4. The lowest BCUT2D eigenvalue weighted by Crippen LogP contribution is -2.26. The van der Waals surface area contributed by atoms with Crippen LogP contribution in [0, 0.1) is 0 Å². The van der Waals surface area contributed by atoms with Crippen LogP contribution in [-0.4, -0.2) is 29.0 Å². The Morgan fingerprint density at radius 2 is 1.75 bits per heavy atom. The van der Waals surface area contributed by atoms with E-state index >= 15 is 0 Å². The average Bonchev–Trinajstić information content (AvgIpc) is 2.92. The topological polar surface area (TPSA) is 58.1 Å². The fourth-order valence-corrected chi connectivity index (χ4v) is 3.02. The first-order valence-corrected chi connectivity index (χ1v) is 8.74. The Kier molecular flexibility index (Phi) is 5.41. The van der Waals surface area contributed by atoms with Crippen LogP contribution in [0.2, 0.25) is 0 Å². The summed E-state index contributed by atoms with van der Waals surface area (Å²) in [6.45, 7) is 4.06. The zero-order valence-corrected chi connectivity index (χ0v) is 14.2. The van der Waals surface area contributed by atoms with Crippen molar-refractivity contribution < 1.29 is 4.79 Å². The number of nitrogens with zero attached hydrogens (tertiary/aromatic N) is 3. The predicted octanol–water partition coefficient (Wildman–Crippen LogP) is 3.67. The van der Waals surface area contributed by atoms with E-state index in [1.165, 1.54) is 25.7 Å². The van der Waals surface area contributed by atoms with Crippen LogP contribution in [0.15, 0.2) is 36.7 Å². The second-order valence-electron chi connectivity index (χ2n) is 6.14. The van der Waals surface area contributed by atoms with Gasteiger partial charge in [0.25, 0.3) is 5.91 Å². The first-order valence-electron chi connectivity index (χ1n) is 8.74. The van der Waals surface area contributed by atoms with Crippen LogP contribution in [0.5, 0.6) is 0 Å². The van der Waals surface area contributed by atoms with Gasteiger partial charge in [-0.15, -0.1) is 0 Å². The largest absolute Gasteiger partial charge is 0.341 e. The summed E-state index contributed by atoms with van der Waals surface area (Å²) in [6, 6.07) is 7.85. The van der Waals surface area contributed by atoms with Crippen molar-refractivity contribution in [2.75, 3.05) is 23.3 Å². The minimum atomic E-state index is -0.168. The van der Waals surface area contributed by atoms with Crippen LogP contribution in [0.4, 0.5) is 11.6 Å². The van der Waals surface area contributed by atoms with E-state index in [9.17, 15) is 4.79 Å². The fourth-order valence-electron chi connectivity index (χ4n) is 3.02. The molecule has 0 atom stereocenters. The second kappa shape index (κ2) is 7.90. The molecule has 1 aromatic heterocycles. The standard InChI is InChI=1S/C19H24N4O/c1-2-15-9-5-6-10-17(15)22-18(24)16-13-20-19(21-14-16)23-11-7-3-4-8-12-23/h5-6,9-10,13-14H,2-4,7-8,11-12H2,1H3,(H,22,24). The molecule has 126 valence electrons. The van der Waals surface area contributed by atoms with Crippen molar-refractivity contribution in [1.82, 2.24) is 9.97 Å².